The Bertz CT molecular complexity index is 700. The maximum Gasteiger partial charge on any atom is 0.343 e. The third-order valence-electron chi connectivity index (χ3n) is 3.03. The van der Waals surface area contributed by atoms with E-state index < -0.39 is 18.5 Å². The van der Waals surface area contributed by atoms with Crippen molar-refractivity contribution < 1.29 is 18.7 Å². The average Bonchev–Trinajstić information content (AvgIpc) is 2.93. The number of amides is 1. The highest BCUT2D eigenvalue weighted by Gasteiger charge is 2.20. The molecule has 0 unspecified atom stereocenters. The van der Waals surface area contributed by atoms with Crippen LogP contribution in [0.15, 0.2) is 24.3 Å². The molecule has 2 rings (SSSR count). The van der Waals surface area contributed by atoms with E-state index in [1.807, 2.05) is 0 Å². The molecule has 0 saturated carbocycles. The summed E-state index contributed by atoms with van der Waals surface area (Å²) in [7, 11) is 1.68. The third kappa shape index (κ3) is 4.49. The minimum atomic E-state index is -0.600. The second kappa shape index (κ2) is 7.68. The predicted octanol–water partition coefficient (Wildman–Crippen LogP) is 2.11. The molecule has 0 aliphatic carbocycles. The molecule has 23 heavy (non-hydrogen) atoms. The number of esters is 1. The molecule has 0 aliphatic heterocycles. The van der Waals surface area contributed by atoms with Crippen molar-refractivity contribution in [2.75, 3.05) is 19.0 Å². The summed E-state index contributed by atoms with van der Waals surface area (Å²) in [4.78, 5) is 23.7. The van der Waals surface area contributed by atoms with Gasteiger partial charge in [0.05, 0.1) is 5.69 Å². The van der Waals surface area contributed by atoms with Gasteiger partial charge in [-0.3, -0.25) is 4.79 Å². The van der Waals surface area contributed by atoms with Crippen molar-refractivity contribution in [1.82, 2.24) is 9.69 Å². The quantitative estimate of drug-likeness (QED) is 0.789. The van der Waals surface area contributed by atoms with Crippen LogP contribution in [0.4, 0.5) is 9.39 Å². The molecule has 0 spiro atoms. The van der Waals surface area contributed by atoms with Gasteiger partial charge in [0, 0.05) is 13.6 Å². The number of ether oxygens (including phenoxy) is 1. The molecule has 2 N–H and O–H groups in total. The van der Waals surface area contributed by atoms with Crippen LogP contribution in [-0.4, -0.2) is 29.9 Å². The Morgan fingerprint density at radius 1 is 1.30 bits per heavy atom. The lowest BCUT2D eigenvalue weighted by molar-refractivity contribution is -0.124. The molecule has 6 nitrogen and oxygen atoms in total. The summed E-state index contributed by atoms with van der Waals surface area (Å²) in [6, 6.07) is 5.77. The van der Waals surface area contributed by atoms with Gasteiger partial charge in [-0.25, -0.2) is 9.18 Å². The van der Waals surface area contributed by atoms with Crippen LogP contribution in [0.3, 0.4) is 0 Å². The molecule has 8 heteroatoms. The van der Waals surface area contributed by atoms with E-state index in [9.17, 15) is 14.0 Å². The summed E-state index contributed by atoms with van der Waals surface area (Å²) < 4.78 is 21.8. The van der Waals surface area contributed by atoms with Crippen molar-refractivity contribution in [3.8, 4) is 0 Å². The second-order valence-corrected chi connectivity index (χ2v) is 5.47. The minimum Gasteiger partial charge on any atom is -0.452 e. The Morgan fingerprint density at radius 3 is 2.65 bits per heavy atom. The summed E-state index contributed by atoms with van der Waals surface area (Å²) in [6.07, 6.45) is 0. The Kier molecular flexibility index (Phi) is 5.64. The minimum absolute atomic E-state index is 0.234. The van der Waals surface area contributed by atoms with Gasteiger partial charge in [0.25, 0.3) is 5.91 Å². The van der Waals surface area contributed by atoms with Gasteiger partial charge in [-0.1, -0.05) is 12.1 Å². The van der Waals surface area contributed by atoms with E-state index >= 15 is 0 Å². The van der Waals surface area contributed by atoms with Crippen LogP contribution >= 0.6 is 11.5 Å². The van der Waals surface area contributed by atoms with Crippen LogP contribution in [0.25, 0.3) is 0 Å². The molecule has 0 fully saturated rings. The number of hydrogen-bond acceptors (Lipinski definition) is 6. The number of anilines is 1. The van der Waals surface area contributed by atoms with E-state index in [0.717, 1.165) is 17.1 Å². The largest absolute Gasteiger partial charge is 0.452 e. The van der Waals surface area contributed by atoms with Crippen LogP contribution < -0.4 is 10.6 Å². The normalized spacial score (nSPS) is 10.2. The van der Waals surface area contributed by atoms with Crippen molar-refractivity contribution in [1.29, 1.82) is 0 Å². The van der Waals surface area contributed by atoms with Gasteiger partial charge in [-0.2, -0.15) is 4.37 Å². The number of nitrogens with one attached hydrogen (secondary N) is 2. The van der Waals surface area contributed by atoms with Crippen LogP contribution in [0.1, 0.15) is 21.6 Å². The first-order valence-electron chi connectivity index (χ1n) is 6.83. The first-order valence-corrected chi connectivity index (χ1v) is 7.61. The number of hydrogen-bond donors (Lipinski definition) is 2. The lowest BCUT2D eigenvalue weighted by Gasteiger charge is -2.07. The van der Waals surface area contributed by atoms with E-state index in [2.05, 4.69) is 15.0 Å². The molecule has 2 aromatic rings. The number of carbonyl (C=O) groups is 2. The molecule has 1 aromatic heterocycles. The fraction of sp³-hybridized carbons (Fsp3) is 0.267. The lowest BCUT2D eigenvalue weighted by atomic mass is 10.2. The predicted molar refractivity (Wildman–Crippen MR) is 84.9 cm³/mol. The lowest BCUT2D eigenvalue weighted by Crippen LogP contribution is -2.28. The SMILES string of the molecule is CNc1snc(C)c1C(=O)OCC(=O)NCc1ccc(F)cc1. The fourth-order valence-corrected chi connectivity index (χ4v) is 2.57. The third-order valence-corrected chi connectivity index (χ3v) is 3.99. The Balaban J connectivity index is 1.83. The van der Waals surface area contributed by atoms with E-state index in [1.165, 1.54) is 12.1 Å². The maximum atomic E-state index is 12.8. The summed E-state index contributed by atoms with van der Waals surface area (Å²) >= 11 is 1.15. The zero-order valence-electron chi connectivity index (χ0n) is 12.7. The molecule has 0 aliphatic rings. The van der Waals surface area contributed by atoms with E-state index in [-0.39, 0.29) is 12.4 Å². The number of halogens is 1. The Hall–Kier alpha value is -2.48. The van der Waals surface area contributed by atoms with Crippen LogP contribution in [0.2, 0.25) is 0 Å². The molecule has 0 bridgehead atoms. The number of aryl methyl sites for hydroxylation is 1. The molecule has 122 valence electrons. The Morgan fingerprint density at radius 2 is 2.00 bits per heavy atom. The van der Waals surface area contributed by atoms with Gasteiger partial charge in [0.2, 0.25) is 0 Å². The van der Waals surface area contributed by atoms with Crippen molar-refractivity contribution >= 4 is 28.4 Å². The summed E-state index contributed by atoms with van der Waals surface area (Å²) in [5.74, 6) is -1.37. The van der Waals surface area contributed by atoms with E-state index in [4.69, 9.17) is 4.74 Å². The molecule has 0 radical (unpaired) electrons. The summed E-state index contributed by atoms with van der Waals surface area (Å²) in [5, 5.41) is 6.05. The standard InChI is InChI=1S/C15H16FN3O3S/c1-9-13(14(17-2)23-19-9)15(21)22-8-12(20)18-7-10-3-5-11(16)6-4-10/h3-6,17H,7-8H2,1-2H3,(H,18,20). The second-order valence-electron chi connectivity index (χ2n) is 4.70. The number of rotatable bonds is 6. The molecule has 1 heterocycles. The highest BCUT2D eigenvalue weighted by Crippen LogP contribution is 2.24. The number of aromatic nitrogens is 1. The topological polar surface area (TPSA) is 80.3 Å². The highest BCUT2D eigenvalue weighted by molar-refractivity contribution is 7.10. The van der Waals surface area contributed by atoms with Crippen molar-refractivity contribution in [2.45, 2.75) is 13.5 Å². The van der Waals surface area contributed by atoms with Gasteiger partial charge < -0.3 is 15.4 Å². The first kappa shape index (κ1) is 16.9. The molecular formula is C15H16FN3O3S. The molecule has 1 aromatic carbocycles. The summed E-state index contributed by atoms with van der Waals surface area (Å²) in [6.45, 7) is 1.54. The van der Waals surface area contributed by atoms with Gasteiger partial charge in [-0.15, -0.1) is 0 Å². The number of nitrogens with zero attached hydrogens (tertiary/aromatic N) is 1. The Labute approximate surface area is 136 Å². The van der Waals surface area contributed by atoms with Crippen molar-refractivity contribution in [3.63, 3.8) is 0 Å². The number of benzene rings is 1. The fourth-order valence-electron chi connectivity index (χ4n) is 1.84. The monoisotopic (exact) mass is 337 g/mol. The van der Waals surface area contributed by atoms with Crippen LogP contribution in [0, 0.1) is 12.7 Å². The smallest absolute Gasteiger partial charge is 0.343 e. The molecular weight excluding hydrogens is 321 g/mol. The van der Waals surface area contributed by atoms with E-state index in [0.29, 0.717) is 16.3 Å². The van der Waals surface area contributed by atoms with Gasteiger partial charge >= 0.3 is 5.97 Å². The van der Waals surface area contributed by atoms with Gasteiger partial charge in [0.1, 0.15) is 16.4 Å². The highest BCUT2D eigenvalue weighted by atomic mass is 32.1. The van der Waals surface area contributed by atoms with Crippen molar-refractivity contribution in [2.24, 2.45) is 0 Å². The maximum absolute atomic E-state index is 12.8. The zero-order chi connectivity index (χ0) is 16.8. The van der Waals surface area contributed by atoms with E-state index in [1.54, 1.807) is 26.1 Å². The van der Waals surface area contributed by atoms with Gasteiger partial charge in [-0.05, 0) is 36.2 Å². The molecule has 1 amide bonds. The zero-order valence-corrected chi connectivity index (χ0v) is 13.5. The van der Waals surface area contributed by atoms with Crippen molar-refractivity contribution in [3.05, 3.63) is 46.9 Å². The molecule has 0 atom stereocenters. The number of carbonyl (C=O) groups excluding carboxylic acids is 2. The van der Waals surface area contributed by atoms with Gasteiger partial charge in [0.15, 0.2) is 6.61 Å². The first-order chi connectivity index (χ1) is 11.0. The van der Waals surface area contributed by atoms with Crippen LogP contribution in [-0.2, 0) is 16.1 Å². The average molecular weight is 337 g/mol. The molecule has 0 saturated heterocycles. The van der Waals surface area contributed by atoms with Crippen LogP contribution in [0.5, 0.6) is 0 Å². The summed E-state index contributed by atoms with van der Waals surface area (Å²) in [5.41, 5.74) is 1.64.